The topological polar surface area (TPSA) is 38.9 Å². The maximum absolute atomic E-state index is 14.1. The molecule has 0 aliphatic carbocycles. The van der Waals surface area contributed by atoms with E-state index >= 15 is 0 Å². The molecular weight excluding hydrogens is 899 g/mol. The summed E-state index contributed by atoms with van der Waals surface area (Å²) in [6.45, 7) is 13.5. The van der Waals surface area contributed by atoms with Crippen molar-refractivity contribution in [2.45, 2.75) is 52.4 Å². The smallest absolute Gasteiger partial charge is 0.128 e. The molecule has 3 nitrogen and oxygen atoms in total. The zero-order chi connectivity index (χ0) is 39.9. The first kappa shape index (κ1) is 40.4. The van der Waals surface area contributed by atoms with Gasteiger partial charge in [0.1, 0.15) is 11.4 Å². The van der Waals surface area contributed by atoms with Gasteiger partial charge in [-0.3, -0.25) is 4.39 Å². The number of rotatable bonds is 4. The van der Waals surface area contributed by atoms with Gasteiger partial charge < -0.3 is 14.4 Å². The Morgan fingerprint density at radius 1 is 0.569 bits per heavy atom. The van der Waals surface area contributed by atoms with Crippen LogP contribution in [0, 0.1) is 23.8 Å². The molecule has 0 spiro atoms. The van der Waals surface area contributed by atoms with Crippen molar-refractivity contribution in [1.82, 2.24) is 9.97 Å². The molecule has 0 aliphatic heterocycles. The number of benzene rings is 6. The third-order valence-corrected chi connectivity index (χ3v) is 10.3. The standard InChI is InChI=1S/C35H31FNO.C17H11FN.Ir/c1-34(2,3)23-12-15-25(30(19-23)35(4,5)6)22-16-17-37-31(18-22)28-9-7-8-26-27-14-11-21-10-13-24(36)20-29(21)33(27)38-32(26)28;18-16-9-6-14(7-10-16)17-11-8-15(12-19-17)13-4-2-1-3-5-13;/h7-8,10-20H,1-6H3;1-6,8-12H;/q2*-1;. The quantitative estimate of drug-likeness (QED) is 0.165. The molecule has 9 rings (SSSR count). The normalized spacial score (nSPS) is 11.7. The van der Waals surface area contributed by atoms with Crippen molar-refractivity contribution < 1.29 is 33.3 Å². The van der Waals surface area contributed by atoms with Gasteiger partial charge in [-0.05, 0) is 79.2 Å². The Hall–Kier alpha value is -5.81. The predicted octanol–water partition coefficient (Wildman–Crippen LogP) is 14.4. The van der Waals surface area contributed by atoms with Crippen LogP contribution in [-0.2, 0) is 30.9 Å². The van der Waals surface area contributed by atoms with Gasteiger partial charge in [0.25, 0.3) is 0 Å². The van der Waals surface area contributed by atoms with Crippen molar-refractivity contribution in [1.29, 1.82) is 0 Å². The van der Waals surface area contributed by atoms with Crippen molar-refractivity contribution in [2.24, 2.45) is 0 Å². The van der Waals surface area contributed by atoms with E-state index in [1.807, 2.05) is 79.1 Å². The van der Waals surface area contributed by atoms with Crippen molar-refractivity contribution in [3.05, 3.63) is 181 Å². The second-order valence-electron chi connectivity index (χ2n) is 16.4. The minimum Gasteiger partial charge on any atom is -0.500 e. The Kier molecular flexibility index (Phi) is 11.3. The van der Waals surface area contributed by atoms with Gasteiger partial charge in [0.15, 0.2) is 0 Å². The third-order valence-electron chi connectivity index (χ3n) is 10.3. The van der Waals surface area contributed by atoms with E-state index in [1.54, 1.807) is 12.1 Å². The second kappa shape index (κ2) is 16.2. The molecule has 0 bridgehead atoms. The molecule has 1 radical (unpaired) electrons. The summed E-state index contributed by atoms with van der Waals surface area (Å²) in [6.07, 6.45) is 3.68. The Labute approximate surface area is 352 Å². The van der Waals surface area contributed by atoms with Gasteiger partial charge in [0.2, 0.25) is 0 Å². The van der Waals surface area contributed by atoms with Gasteiger partial charge >= 0.3 is 0 Å². The van der Waals surface area contributed by atoms with E-state index < -0.39 is 0 Å². The Morgan fingerprint density at radius 3 is 2.03 bits per heavy atom. The maximum atomic E-state index is 14.1. The van der Waals surface area contributed by atoms with Crippen LogP contribution in [0.3, 0.4) is 0 Å². The van der Waals surface area contributed by atoms with Crippen molar-refractivity contribution in [2.75, 3.05) is 0 Å². The van der Waals surface area contributed by atoms with Crippen LogP contribution in [0.1, 0.15) is 52.7 Å². The zero-order valence-corrected chi connectivity index (χ0v) is 35.6. The second-order valence-corrected chi connectivity index (χ2v) is 16.4. The molecular formula is C52H42F2IrN2O-2. The third kappa shape index (κ3) is 8.27. The molecule has 0 atom stereocenters. The monoisotopic (exact) mass is 941 g/mol. The first-order valence-electron chi connectivity index (χ1n) is 19.1. The fourth-order valence-corrected chi connectivity index (χ4v) is 7.22. The number of nitrogens with zero attached hydrogens (tertiary/aromatic N) is 2. The molecule has 0 saturated heterocycles. The SMILES string of the molecule is CC(C)(C)c1ccc(-c2ccnc(-c3[c-]ccc4c3oc3c5cc(F)ccc5ccc43)c2)c(C(C)(C)C)c1.Fc1c[c-]c(-c2ccc(-c3ccccc3)cn2)cc1.[Ir]. The summed E-state index contributed by atoms with van der Waals surface area (Å²) in [4.78, 5) is 9.13. The number of furan rings is 1. The summed E-state index contributed by atoms with van der Waals surface area (Å²) in [6, 6.07) is 48.5. The Balaban J connectivity index is 0.000000215. The van der Waals surface area contributed by atoms with Crippen LogP contribution in [0.5, 0.6) is 0 Å². The molecule has 0 N–H and O–H groups in total. The molecule has 0 saturated carbocycles. The molecule has 9 aromatic rings. The molecule has 0 aliphatic rings. The van der Waals surface area contributed by atoms with Crippen molar-refractivity contribution >= 4 is 32.7 Å². The summed E-state index contributed by atoms with van der Waals surface area (Å²) < 4.78 is 33.4. The van der Waals surface area contributed by atoms with E-state index in [9.17, 15) is 8.78 Å². The molecule has 58 heavy (non-hydrogen) atoms. The summed E-state index contributed by atoms with van der Waals surface area (Å²) in [5.41, 5.74) is 11.7. The van der Waals surface area contributed by atoms with Crippen molar-refractivity contribution in [3.8, 4) is 44.8 Å². The van der Waals surface area contributed by atoms with Crippen LogP contribution in [0.2, 0.25) is 0 Å². The fourth-order valence-electron chi connectivity index (χ4n) is 7.22. The first-order chi connectivity index (χ1) is 27.3. The number of aromatic nitrogens is 2. The number of halogens is 2. The van der Waals surface area contributed by atoms with Crippen LogP contribution < -0.4 is 0 Å². The Morgan fingerprint density at radius 2 is 1.33 bits per heavy atom. The van der Waals surface area contributed by atoms with E-state index in [1.165, 1.54) is 41.0 Å². The molecule has 3 heterocycles. The maximum Gasteiger partial charge on any atom is 0.128 e. The largest absolute Gasteiger partial charge is 0.500 e. The van der Waals surface area contributed by atoms with Crippen LogP contribution >= 0.6 is 0 Å². The summed E-state index contributed by atoms with van der Waals surface area (Å²) in [7, 11) is 0. The predicted molar refractivity (Wildman–Crippen MR) is 230 cm³/mol. The van der Waals surface area contributed by atoms with Crippen LogP contribution in [-0.4, -0.2) is 9.97 Å². The van der Waals surface area contributed by atoms with Crippen molar-refractivity contribution in [3.63, 3.8) is 0 Å². The number of hydrogen-bond donors (Lipinski definition) is 0. The zero-order valence-electron chi connectivity index (χ0n) is 33.2. The minimum atomic E-state index is -0.287. The van der Waals surface area contributed by atoms with Crippen LogP contribution in [0.15, 0.2) is 150 Å². The molecule has 3 aromatic heterocycles. The fraction of sp³-hybridized carbons (Fsp3) is 0.154. The van der Waals surface area contributed by atoms with Crippen LogP contribution in [0.4, 0.5) is 8.78 Å². The Bertz CT molecular complexity index is 2870. The molecule has 291 valence electrons. The van der Waals surface area contributed by atoms with E-state index in [2.05, 4.69) is 89.0 Å². The van der Waals surface area contributed by atoms with Crippen LogP contribution in [0.25, 0.3) is 77.5 Å². The van der Waals surface area contributed by atoms with E-state index in [-0.39, 0.29) is 42.6 Å². The summed E-state index contributed by atoms with van der Waals surface area (Å²) >= 11 is 0. The van der Waals surface area contributed by atoms with Gasteiger partial charge in [-0.1, -0.05) is 137 Å². The average Bonchev–Trinajstić information content (AvgIpc) is 3.61. The summed E-state index contributed by atoms with van der Waals surface area (Å²) in [5, 5.41) is 3.63. The van der Waals surface area contributed by atoms with Gasteiger partial charge in [0, 0.05) is 49.1 Å². The number of fused-ring (bicyclic) bond motifs is 5. The van der Waals surface area contributed by atoms with E-state index in [4.69, 9.17) is 9.40 Å². The molecule has 0 fully saturated rings. The molecule has 6 heteroatoms. The van der Waals surface area contributed by atoms with Gasteiger partial charge in [-0.25, -0.2) is 4.39 Å². The first-order valence-corrected chi connectivity index (χ1v) is 19.1. The molecule has 0 amide bonds. The number of hydrogen-bond acceptors (Lipinski definition) is 3. The molecule has 6 aromatic carbocycles. The summed E-state index contributed by atoms with van der Waals surface area (Å²) in [5.74, 6) is -0.566. The van der Waals surface area contributed by atoms with E-state index in [0.717, 1.165) is 60.8 Å². The number of pyridine rings is 2. The minimum absolute atomic E-state index is 0. The molecule has 0 unspecified atom stereocenters. The average molecular weight is 941 g/mol. The van der Waals surface area contributed by atoms with Gasteiger partial charge in [-0.2, -0.15) is 0 Å². The van der Waals surface area contributed by atoms with E-state index in [0.29, 0.717) is 11.2 Å². The van der Waals surface area contributed by atoms with Gasteiger partial charge in [-0.15, -0.1) is 48.0 Å². The van der Waals surface area contributed by atoms with Gasteiger partial charge in [0.05, 0.1) is 5.58 Å².